The summed E-state index contributed by atoms with van der Waals surface area (Å²) in [5.74, 6) is -0.926. The molecule has 9 nitrogen and oxygen atoms in total. The van der Waals surface area contributed by atoms with Crippen LogP contribution in [0.1, 0.15) is 63.0 Å². The molecule has 0 bridgehead atoms. The molecule has 0 spiro atoms. The number of benzene rings is 2. The van der Waals surface area contributed by atoms with Crippen molar-refractivity contribution in [3.05, 3.63) is 95.4 Å². The molecule has 1 amide bonds. The van der Waals surface area contributed by atoms with Crippen molar-refractivity contribution in [1.82, 2.24) is 20.1 Å². The van der Waals surface area contributed by atoms with Crippen LogP contribution in [0.25, 0.3) is 11.3 Å². The van der Waals surface area contributed by atoms with Gasteiger partial charge in [0.05, 0.1) is 23.1 Å². The molecule has 2 aromatic carbocycles. The van der Waals surface area contributed by atoms with Crippen LogP contribution >= 0.6 is 7.60 Å². The van der Waals surface area contributed by atoms with E-state index in [1.54, 1.807) is 55.8 Å². The Bertz CT molecular complexity index is 1650. The number of nitrogens with zero attached hydrogens (tertiary/aromatic N) is 3. The van der Waals surface area contributed by atoms with Crippen molar-refractivity contribution >= 4 is 13.5 Å². The number of rotatable bonds is 10. The fourth-order valence-corrected chi connectivity index (χ4v) is 6.71. The smallest absolute Gasteiger partial charge is 0.352 e. The van der Waals surface area contributed by atoms with Gasteiger partial charge in [-0.1, -0.05) is 6.07 Å². The molecule has 0 unspecified atom stereocenters. The van der Waals surface area contributed by atoms with Crippen LogP contribution < -0.4 is 10.1 Å². The first-order chi connectivity index (χ1) is 20.5. The van der Waals surface area contributed by atoms with Gasteiger partial charge in [-0.3, -0.25) is 19.0 Å². The van der Waals surface area contributed by atoms with E-state index in [0.29, 0.717) is 39.4 Å². The van der Waals surface area contributed by atoms with Crippen LogP contribution in [-0.4, -0.2) is 31.9 Å². The largest absolute Gasteiger partial charge is 0.457 e. The molecule has 44 heavy (non-hydrogen) atoms. The molecule has 234 valence electrons. The zero-order valence-corrected chi connectivity index (χ0v) is 26.7. The van der Waals surface area contributed by atoms with Gasteiger partial charge in [-0.15, -0.1) is 0 Å². The van der Waals surface area contributed by atoms with Gasteiger partial charge in [-0.2, -0.15) is 5.10 Å². The van der Waals surface area contributed by atoms with E-state index in [1.807, 2.05) is 41.5 Å². The Labute approximate surface area is 256 Å². The summed E-state index contributed by atoms with van der Waals surface area (Å²) >= 11 is 0. The lowest BCUT2D eigenvalue weighted by Gasteiger charge is -2.31. The molecule has 0 aliphatic heterocycles. The predicted octanol–water partition coefficient (Wildman–Crippen LogP) is 8.03. The minimum atomic E-state index is -3.57. The second-order valence-corrected chi connectivity index (χ2v) is 14.2. The molecular formula is C32H37F2N4O5P. The standard InChI is InChI=1S/C32H37F2N4O5P/c1-21-27(30(39)36-17-22-13-24(33)15-25(34)14-22)9-8-10-29(21)41-26-11-12-35-28(16-26)23-18-37-38(19-23)20-44(40,42-31(2,3)4)43-32(5,6)7/h8-16,18-19H,17,20H2,1-7H3,(H,36,39). The Morgan fingerprint density at radius 1 is 0.977 bits per heavy atom. The minimum absolute atomic E-state index is 0.0421. The monoisotopic (exact) mass is 626 g/mol. The molecule has 2 heterocycles. The van der Waals surface area contributed by atoms with Crippen LogP contribution in [0.4, 0.5) is 8.78 Å². The number of pyridine rings is 1. The number of halogens is 2. The van der Waals surface area contributed by atoms with E-state index in [9.17, 15) is 18.1 Å². The second kappa shape index (κ2) is 13.0. The summed E-state index contributed by atoms with van der Waals surface area (Å²) in [4.78, 5) is 17.3. The maximum atomic E-state index is 13.7. The Morgan fingerprint density at radius 2 is 1.64 bits per heavy atom. The quantitative estimate of drug-likeness (QED) is 0.178. The number of amides is 1. The molecule has 0 saturated heterocycles. The van der Waals surface area contributed by atoms with Gasteiger partial charge in [0.1, 0.15) is 29.4 Å². The topological polar surface area (TPSA) is 105 Å². The van der Waals surface area contributed by atoms with E-state index in [4.69, 9.17) is 13.8 Å². The lowest BCUT2D eigenvalue weighted by atomic mass is 10.1. The number of carbonyl (C=O) groups excluding carboxylic acids is 1. The van der Waals surface area contributed by atoms with Gasteiger partial charge >= 0.3 is 7.60 Å². The lowest BCUT2D eigenvalue weighted by Crippen LogP contribution is -2.25. The molecule has 0 atom stereocenters. The zero-order valence-electron chi connectivity index (χ0n) is 25.9. The van der Waals surface area contributed by atoms with Gasteiger partial charge in [-0.25, -0.2) is 8.78 Å². The first-order valence-electron chi connectivity index (χ1n) is 14.0. The number of carbonyl (C=O) groups is 1. The fourth-order valence-electron chi connectivity index (χ4n) is 4.38. The first-order valence-corrected chi connectivity index (χ1v) is 15.7. The van der Waals surface area contributed by atoms with Crippen molar-refractivity contribution in [3.8, 4) is 22.8 Å². The van der Waals surface area contributed by atoms with Gasteiger partial charge in [-0.05, 0) is 84.4 Å². The van der Waals surface area contributed by atoms with Crippen LogP contribution in [0.5, 0.6) is 11.5 Å². The third-order valence-corrected chi connectivity index (χ3v) is 8.22. The molecule has 4 aromatic rings. The van der Waals surface area contributed by atoms with Crippen LogP contribution in [0.2, 0.25) is 0 Å². The Balaban J connectivity index is 1.49. The minimum Gasteiger partial charge on any atom is -0.457 e. The third kappa shape index (κ3) is 9.29. The highest BCUT2D eigenvalue weighted by atomic mass is 31.2. The summed E-state index contributed by atoms with van der Waals surface area (Å²) < 4.78 is 60.1. The summed E-state index contributed by atoms with van der Waals surface area (Å²) in [6.45, 7) is 12.6. The highest BCUT2D eigenvalue weighted by Gasteiger charge is 2.36. The summed E-state index contributed by atoms with van der Waals surface area (Å²) in [5, 5.41) is 7.05. The van der Waals surface area contributed by atoms with Gasteiger partial charge in [0.2, 0.25) is 0 Å². The number of nitrogens with one attached hydrogen (secondary N) is 1. The number of ether oxygens (including phenoxy) is 1. The molecule has 0 radical (unpaired) electrons. The van der Waals surface area contributed by atoms with Crippen LogP contribution in [-0.2, 0) is 26.4 Å². The molecule has 0 saturated carbocycles. The van der Waals surface area contributed by atoms with Crippen molar-refractivity contribution in [1.29, 1.82) is 0 Å². The van der Waals surface area contributed by atoms with E-state index < -0.39 is 36.3 Å². The molecule has 12 heteroatoms. The van der Waals surface area contributed by atoms with Crippen molar-refractivity contribution in [2.75, 3.05) is 0 Å². The number of aromatic nitrogens is 3. The van der Waals surface area contributed by atoms with E-state index in [0.717, 1.165) is 6.07 Å². The Morgan fingerprint density at radius 3 is 2.27 bits per heavy atom. The average Bonchev–Trinajstić information content (AvgIpc) is 3.33. The Hall–Kier alpha value is -3.92. The highest BCUT2D eigenvalue weighted by Crippen LogP contribution is 2.55. The third-order valence-electron chi connectivity index (χ3n) is 5.94. The Kier molecular flexibility index (Phi) is 9.73. The summed E-state index contributed by atoms with van der Waals surface area (Å²) in [6.07, 6.45) is 4.81. The fraction of sp³-hybridized carbons (Fsp3) is 0.344. The summed E-state index contributed by atoms with van der Waals surface area (Å²) in [6, 6.07) is 11.6. The molecule has 0 aliphatic carbocycles. The van der Waals surface area contributed by atoms with E-state index >= 15 is 0 Å². The molecule has 2 aromatic heterocycles. The van der Waals surface area contributed by atoms with Crippen molar-refractivity contribution in [2.45, 2.75) is 72.5 Å². The van der Waals surface area contributed by atoms with E-state index in [2.05, 4.69) is 15.4 Å². The molecule has 0 aliphatic rings. The highest BCUT2D eigenvalue weighted by molar-refractivity contribution is 7.52. The predicted molar refractivity (Wildman–Crippen MR) is 164 cm³/mol. The van der Waals surface area contributed by atoms with Gasteiger partial charge < -0.3 is 19.1 Å². The summed E-state index contributed by atoms with van der Waals surface area (Å²) in [7, 11) is -3.57. The van der Waals surface area contributed by atoms with Crippen LogP contribution in [0, 0.1) is 18.6 Å². The summed E-state index contributed by atoms with van der Waals surface area (Å²) in [5.41, 5.74) is 1.07. The maximum absolute atomic E-state index is 13.7. The number of hydrogen-bond donors (Lipinski definition) is 1. The van der Waals surface area contributed by atoms with Crippen LogP contribution in [0.15, 0.2) is 67.1 Å². The molecule has 0 fully saturated rings. The van der Waals surface area contributed by atoms with Crippen LogP contribution in [0.3, 0.4) is 0 Å². The van der Waals surface area contributed by atoms with E-state index in [1.165, 1.54) is 16.8 Å². The van der Waals surface area contributed by atoms with Gasteiger partial charge in [0.15, 0.2) is 0 Å². The second-order valence-electron chi connectivity index (χ2n) is 12.3. The molecule has 4 rings (SSSR count). The average molecular weight is 627 g/mol. The maximum Gasteiger partial charge on any atom is 0.352 e. The first kappa shape index (κ1) is 33.0. The molecular weight excluding hydrogens is 589 g/mol. The van der Waals surface area contributed by atoms with Gasteiger partial charge in [0, 0.05) is 47.8 Å². The lowest BCUT2D eigenvalue weighted by molar-refractivity contribution is 0.0459. The van der Waals surface area contributed by atoms with E-state index in [-0.39, 0.29) is 12.8 Å². The number of hydrogen-bond acceptors (Lipinski definition) is 7. The molecule has 1 N–H and O–H groups in total. The SMILES string of the molecule is Cc1c(Oc2ccnc(-c3cnn(CP(=O)(OC(C)(C)C)OC(C)(C)C)c3)c2)cccc1C(=O)NCc1cc(F)cc(F)c1. The normalized spacial score (nSPS) is 12.3. The van der Waals surface area contributed by atoms with Crippen molar-refractivity contribution in [2.24, 2.45) is 0 Å². The van der Waals surface area contributed by atoms with Crippen molar-refractivity contribution in [3.63, 3.8) is 0 Å². The van der Waals surface area contributed by atoms with Gasteiger partial charge in [0.25, 0.3) is 5.91 Å². The zero-order chi connectivity index (χ0) is 32.3. The van der Waals surface area contributed by atoms with Crippen molar-refractivity contribution < 1.29 is 31.9 Å².